The zero-order valence-corrected chi connectivity index (χ0v) is 16.9. The lowest BCUT2D eigenvalue weighted by Gasteiger charge is -2.46. The summed E-state index contributed by atoms with van der Waals surface area (Å²) in [6, 6.07) is 11.5. The SMILES string of the molecule is CCCCc1cc[n+]2c(c1C)-c1ccccc1C(C)(CC)C2(C)CC. The van der Waals surface area contributed by atoms with Gasteiger partial charge in [0.2, 0.25) is 5.69 Å². The van der Waals surface area contributed by atoms with E-state index in [4.69, 9.17) is 0 Å². The molecular weight excluding hydrogens is 302 g/mol. The Morgan fingerprint density at radius 2 is 1.68 bits per heavy atom. The van der Waals surface area contributed by atoms with Crippen LogP contribution in [0.25, 0.3) is 11.3 Å². The molecule has 2 aromatic rings. The molecule has 3 rings (SSSR count). The molecule has 0 fully saturated rings. The fourth-order valence-electron chi connectivity index (χ4n) is 4.94. The van der Waals surface area contributed by atoms with E-state index in [9.17, 15) is 0 Å². The van der Waals surface area contributed by atoms with E-state index in [1.807, 2.05) is 0 Å². The normalized spacial score (nSPS) is 24.7. The molecule has 1 aromatic carbocycles. The highest BCUT2D eigenvalue weighted by atomic mass is 15.1. The summed E-state index contributed by atoms with van der Waals surface area (Å²) in [6.45, 7) is 14.2. The molecule has 0 spiro atoms. The summed E-state index contributed by atoms with van der Waals surface area (Å²) in [7, 11) is 0. The average Bonchev–Trinajstić information content (AvgIpc) is 2.64. The number of unbranched alkanes of at least 4 members (excludes halogenated alkanes) is 1. The van der Waals surface area contributed by atoms with Crippen molar-refractivity contribution in [2.75, 3.05) is 0 Å². The van der Waals surface area contributed by atoms with Crippen LogP contribution in [0.5, 0.6) is 0 Å². The molecule has 1 heteroatoms. The first-order chi connectivity index (χ1) is 11.9. The van der Waals surface area contributed by atoms with Crippen LogP contribution >= 0.6 is 0 Å². The van der Waals surface area contributed by atoms with Crippen LogP contribution in [-0.4, -0.2) is 0 Å². The van der Waals surface area contributed by atoms with Crippen LogP contribution in [0.15, 0.2) is 36.5 Å². The molecule has 25 heavy (non-hydrogen) atoms. The Hall–Kier alpha value is -1.63. The lowest BCUT2D eigenvalue weighted by Crippen LogP contribution is -2.67. The minimum Gasteiger partial charge on any atom is -0.192 e. The quantitative estimate of drug-likeness (QED) is 0.581. The number of nitrogens with zero attached hydrogens (tertiary/aromatic N) is 1. The van der Waals surface area contributed by atoms with E-state index in [1.165, 1.54) is 47.2 Å². The van der Waals surface area contributed by atoms with Crippen molar-refractivity contribution in [3.63, 3.8) is 0 Å². The largest absolute Gasteiger partial charge is 0.216 e. The molecule has 0 amide bonds. The molecule has 134 valence electrons. The van der Waals surface area contributed by atoms with Crippen molar-refractivity contribution in [2.45, 2.75) is 84.6 Å². The maximum atomic E-state index is 2.60. The van der Waals surface area contributed by atoms with E-state index < -0.39 is 0 Å². The number of aromatic nitrogens is 1. The van der Waals surface area contributed by atoms with Gasteiger partial charge >= 0.3 is 0 Å². The van der Waals surface area contributed by atoms with Crippen LogP contribution in [0, 0.1) is 6.92 Å². The Morgan fingerprint density at radius 3 is 2.32 bits per heavy atom. The lowest BCUT2D eigenvalue weighted by atomic mass is 9.60. The molecule has 1 aliphatic rings. The maximum Gasteiger partial charge on any atom is 0.216 e. The molecule has 0 radical (unpaired) electrons. The Bertz CT molecular complexity index is 776. The Kier molecular flexibility index (Phi) is 4.79. The summed E-state index contributed by atoms with van der Waals surface area (Å²) >= 11 is 0. The zero-order chi connectivity index (χ0) is 18.2. The van der Waals surface area contributed by atoms with Gasteiger partial charge in [0.05, 0.1) is 11.0 Å². The third kappa shape index (κ3) is 2.46. The summed E-state index contributed by atoms with van der Waals surface area (Å²) < 4.78 is 2.60. The van der Waals surface area contributed by atoms with Crippen LogP contribution < -0.4 is 4.57 Å². The molecule has 1 aromatic heterocycles. The molecule has 0 bridgehead atoms. The number of fused-ring (bicyclic) bond motifs is 3. The number of hydrogen-bond acceptors (Lipinski definition) is 0. The molecule has 2 unspecified atom stereocenters. The van der Waals surface area contributed by atoms with Crippen LogP contribution in [0.4, 0.5) is 0 Å². The second-order valence-corrected chi connectivity index (χ2v) is 8.15. The standard InChI is InChI=1S/C24H34N/c1-7-10-13-19-16-17-25-22(18(19)4)20-14-11-12-15-21(20)23(5,8-2)24(25,6)9-3/h11-12,14-17H,7-10,13H2,1-6H3/q+1. The van der Waals surface area contributed by atoms with Crippen molar-refractivity contribution >= 4 is 0 Å². The van der Waals surface area contributed by atoms with Crippen molar-refractivity contribution in [2.24, 2.45) is 0 Å². The van der Waals surface area contributed by atoms with Crippen molar-refractivity contribution in [3.05, 3.63) is 53.2 Å². The summed E-state index contributed by atoms with van der Waals surface area (Å²) in [5, 5.41) is 0. The van der Waals surface area contributed by atoms with Crippen LogP contribution in [-0.2, 0) is 17.4 Å². The van der Waals surface area contributed by atoms with E-state index in [0.29, 0.717) is 0 Å². The number of hydrogen-bond donors (Lipinski definition) is 0. The third-order valence-corrected chi connectivity index (χ3v) is 7.19. The molecule has 0 N–H and O–H groups in total. The Morgan fingerprint density at radius 1 is 0.960 bits per heavy atom. The molecular formula is C24H34N+. The van der Waals surface area contributed by atoms with Gasteiger partial charge < -0.3 is 0 Å². The highest BCUT2D eigenvalue weighted by Crippen LogP contribution is 2.50. The van der Waals surface area contributed by atoms with Gasteiger partial charge in [-0.1, -0.05) is 45.4 Å². The predicted molar refractivity (Wildman–Crippen MR) is 107 cm³/mol. The number of pyridine rings is 1. The third-order valence-electron chi connectivity index (χ3n) is 7.19. The first-order valence-electron chi connectivity index (χ1n) is 10.1. The predicted octanol–water partition coefficient (Wildman–Crippen LogP) is 6.10. The summed E-state index contributed by atoms with van der Waals surface area (Å²) in [5.74, 6) is 0. The first kappa shape index (κ1) is 18.2. The van der Waals surface area contributed by atoms with Crippen molar-refractivity contribution < 1.29 is 4.57 Å². The van der Waals surface area contributed by atoms with E-state index in [1.54, 1.807) is 0 Å². The minimum atomic E-state index is 0.0967. The van der Waals surface area contributed by atoms with Crippen molar-refractivity contribution in [1.82, 2.24) is 0 Å². The van der Waals surface area contributed by atoms with Crippen molar-refractivity contribution in [3.8, 4) is 11.3 Å². The van der Waals surface area contributed by atoms with Crippen LogP contribution in [0.2, 0.25) is 0 Å². The maximum absolute atomic E-state index is 2.60. The summed E-state index contributed by atoms with van der Waals surface area (Å²) in [5.41, 5.74) is 7.64. The van der Waals surface area contributed by atoms with Gasteiger partial charge in [0, 0.05) is 25.0 Å². The van der Waals surface area contributed by atoms with Gasteiger partial charge in [-0.25, -0.2) is 0 Å². The Labute approximate surface area is 154 Å². The number of rotatable bonds is 5. The molecule has 1 aliphatic heterocycles. The van der Waals surface area contributed by atoms with E-state index in [-0.39, 0.29) is 11.0 Å². The molecule has 1 nitrogen and oxygen atoms in total. The van der Waals surface area contributed by atoms with Crippen LogP contribution in [0.3, 0.4) is 0 Å². The van der Waals surface area contributed by atoms with Crippen molar-refractivity contribution in [1.29, 1.82) is 0 Å². The van der Waals surface area contributed by atoms with Gasteiger partial charge in [-0.15, -0.1) is 0 Å². The summed E-state index contributed by atoms with van der Waals surface area (Å²) in [6.07, 6.45) is 8.37. The van der Waals surface area contributed by atoms with Gasteiger partial charge in [-0.3, -0.25) is 0 Å². The topological polar surface area (TPSA) is 3.88 Å². The van der Waals surface area contributed by atoms with E-state index >= 15 is 0 Å². The fraction of sp³-hybridized carbons (Fsp3) is 0.542. The van der Waals surface area contributed by atoms with Crippen LogP contribution in [0.1, 0.15) is 77.0 Å². The Balaban J connectivity index is 2.34. The van der Waals surface area contributed by atoms with E-state index in [2.05, 4.69) is 82.6 Å². The molecule has 2 atom stereocenters. The smallest absolute Gasteiger partial charge is 0.192 e. The molecule has 0 saturated heterocycles. The summed E-state index contributed by atoms with van der Waals surface area (Å²) in [4.78, 5) is 0. The van der Waals surface area contributed by atoms with Gasteiger partial charge in [-0.05, 0) is 50.3 Å². The molecule has 0 aliphatic carbocycles. The zero-order valence-electron chi connectivity index (χ0n) is 16.9. The second-order valence-electron chi connectivity index (χ2n) is 8.15. The minimum absolute atomic E-state index is 0.0967. The van der Waals surface area contributed by atoms with Gasteiger partial charge in [-0.2, -0.15) is 4.57 Å². The van der Waals surface area contributed by atoms with E-state index in [0.717, 1.165) is 12.8 Å². The highest BCUT2D eigenvalue weighted by molar-refractivity contribution is 5.68. The van der Waals surface area contributed by atoms with Gasteiger partial charge in [0.15, 0.2) is 11.7 Å². The lowest BCUT2D eigenvalue weighted by molar-refractivity contribution is -0.765. The number of aryl methyl sites for hydroxylation is 1. The second kappa shape index (κ2) is 6.59. The average molecular weight is 337 g/mol. The molecule has 2 heterocycles. The number of benzene rings is 1. The molecule has 0 saturated carbocycles. The van der Waals surface area contributed by atoms with Gasteiger partial charge in [0.25, 0.3) is 0 Å². The highest BCUT2D eigenvalue weighted by Gasteiger charge is 2.56. The first-order valence-corrected chi connectivity index (χ1v) is 10.1. The monoisotopic (exact) mass is 336 g/mol. The fourth-order valence-corrected chi connectivity index (χ4v) is 4.94. The van der Waals surface area contributed by atoms with Gasteiger partial charge in [0.1, 0.15) is 0 Å².